The van der Waals surface area contributed by atoms with E-state index in [1.807, 2.05) is 0 Å². The van der Waals surface area contributed by atoms with E-state index in [9.17, 15) is 0 Å². The number of hydrogen-bond donors (Lipinski definition) is 0. The van der Waals surface area contributed by atoms with Crippen LogP contribution in [0.3, 0.4) is 0 Å². The van der Waals surface area contributed by atoms with Crippen molar-refractivity contribution in [3.8, 4) is 0 Å². The quantitative estimate of drug-likeness (QED) is 0.282. The average Bonchev–Trinajstić information content (AvgIpc) is 1.63. The first kappa shape index (κ1) is 16.4. The summed E-state index contributed by atoms with van der Waals surface area (Å²) in [6.07, 6.45) is -2.33. The summed E-state index contributed by atoms with van der Waals surface area (Å²) in [5, 5.41) is 34.5. The summed E-state index contributed by atoms with van der Waals surface area (Å²) in [6, 6.07) is 0. The number of carbonyl (C=O) groups is 3. The third kappa shape index (κ3) is 53.1. The Labute approximate surface area is 70.7 Å². The van der Waals surface area contributed by atoms with Gasteiger partial charge in [-0.1, -0.05) is 0 Å². The Morgan fingerprint density at radius 1 is 0.727 bits per heavy atom. The van der Waals surface area contributed by atoms with E-state index in [4.69, 9.17) is 34.8 Å². The van der Waals surface area contributed by atoms with Crippen molar-refractivity contribution in [3.05, 3.63) is 0 Å². The zero-order valence-electron chi connectivity index (χ0n) is 4.71. The standard InChI is InChI=1S/C2H2O4.CH2O3.Fe/c3-1(4)2(5)6;2-1(3)4;/h(H,3,4)(H,5,6);(H2,2,3,4);/q;;+4/p-4. The molecule has 7 nitrogen and oxygen atoms in total. The summed E-state index contributed by atoms with van der Waals surface area (Å²) < 4.78 is 0. The minimum Gasteiger partial charge on any atom is -0.652 e. The summed E-state index contributed by atoms with van der Waals surface area (Å²) in [7, 11) is 0. The second kappa shape index (κ2) is 8.73. The second-order valence-electron chi connectivity index (χ2n) is 0.825. The Hall–Kier alpha value is -1.27. The molecule has 0 unspecified atom stereocenters. The first-order valence-electron chi connectivity index (χ1n) is 1.68. The molecule has 0 amide bonds. The van der Waals surface area contributed by atoms with Crippen LogP contribution in [0.1, 0.15) is 0 Å². The predicted molar refractivity (Wildman–Crippen MR) is 15.4 cm³/mol. The molecule has 62 valence electrons. The van der Waals surface area contributed by atoms with Crippen LogP contribution in [0.25, 0.3) is 0 Å². The van der Waals surface area contributed by atoms with Gasteiger partial charge in [0.05, 0.1) is 11.9 Å². The Kier molecular flexibility index (Phi) is 13.0. The Balaban J connectivity index is -0.000000114. The first-order valence-corrected chi connectivity index (χ1v) is 1.68. The van der Waals surface area contributed by atoms with Crippen LogP contribution in [-0.2, 0) is 26.7 Å². The van der Waals surface area contributed by atoms with Crippen molar-refractivity contribution >= 4 is 18.1 Å². The minimum atomic E-state index is -2.33. The van der Waals surface area contributed by atoms with Crippen LogP contribution in [-0.4, -0.2) is 18.1 Å². The number of carboxylic acids is 2. The smallest absolute Gasteiger partial charge is 0.652 e. The van der Waals surface area contributed by atoms with E-state index in [1.165, 1.54) is 0 Å². The van der Waals surface area contributed by atoms with E-state index in [0.29, 0.717) is 0 Å². The molecule has 0 bridgehead atoms. The summed E-state index contributed by atoms with van der Waals surface area (Å²) >= 11 is 0. The van der Waals surface area contributed by atoms with Gasteiger partial charge in [0, 0.05) is 0 Å². The summed E-state index contributed by atoms with van der Waals surface area (Å²) in [6.45, 7) is 0. The topological polar surface area (TPSA) is 143 Å². The van der Waals surface area contributed by atoms with Gasteiger partial charge in [-0.25, -0.2) is 0 Å². The molecular formula is C3FeO7. The molecule has 0 rings (SSSR count). The molecule has 0 heterocycles. The fraction of sp³-hybridized carbons (Fsp3) is 0. The van der Waals surface area contributed by atoms with Gasteiger partial charge in [0.15, 0.2) is 0 Å². The van der Waals surface area contributed by atoms with Gasteiger partial charge >= 0.3 is 17.1 Å². The van der Waals surface area contributed by atoms with Crippen molar-refractivity contribution < 1.29 is 51.9 Å². The molecule has 11 heavy (non-hydrogen) atoms. The zero-order valence-corrected chi connectivity index (χ0v) is 5.82. The van der Waals surface area contributed by atoms with Crippen molar-refractivity contribution in [3.63, 3.8) is 0 Å². The predicted octanol–water partition coefficient (Wildman–Crippen LogP) is -5.96. The van der Waals surface area contributed by atoms with Crippen molar-refractivity contribution in [1.29, 1.82) is 0 Å². The molecule has 0 atom stereocenters. The molecule has 0 aliphatic heterocycles. The van der Waals surface area contributed by atoms with Gasteiger partial charge in [-0.2, -0.15) is 0 Å². The Bertz CT molecular complexity index is 136. The van der Waals surface area contributed by atoms with Gasteiger partial charge in [0.25, 0.3) is 0 Å². The molecule has 0 radical (unpaired) electrons. The molecule has 0 saturated heterocycles. The third-order valence-corrected chi connectivity index (χ3v) is 0.167. The number of aliphatic carboxylic acids is 2. The van der Waals surface area contributed by atoms with Crippen LogP contribution in [0.5, 0.6) is 0 Å². The van der Waals surface area contributed by atoms with Crippen LogP contribution >= 0.6 is 0 Å². The molecule has 0 fully saturated rings. The molecule has 8 heteroatoms. The normalized spacial score (nSPS) is 6.18. The summed E-state index contributed by atoms with van der Waals surface area (Å²) in [4.78, 5) is 26.2. The number of carboxylic acid groups (broad SMARTS) is 4. The fourth-order valence-electron chi connectivity index (χ4n) is 0. The van der Waals surface area contributed by atoms with Crippen molar-refractivity contribution in [1.82, 2.24) is 0 Å². The third-order valence-electron chi connectivity index (χ3n) is 0.167. The maximum absolute atomic E-state index is 8.93. The zero-order chi connectivity index (χ0) is 8.73. The molecule has 0 spiro atoms. The Morgan fingerprint density at radius 3 is 0.818 bits per heavy atom. The van der Waals surface area contributed by atoms with Gasteiger partial charge in [0.1, 0.15) is 0 Å². The molecule has 0 aromatic heterocycles. The first-order chi connectivity index (χ1) is 4.37. The maximum atomic E-state index is 8.93. The van der Waals surface area contributed by atoms with E-state index in [0.717, 1.165) is 0 Å². The van der Waals surface area contributed by atoms with Gasteiger partial charge < -0.3 is 34.8 Å². The van der Waals surface area contributed by atoms with E-state index in [2.05, 4.69) is 0 Å². The molecule has 0 N–H and O–H groups in total. The number of hydrogen-bond acceptors (Lipinski definition) is 7. The molecule has 0 aliphatic rings. The van der Waals surface area contributed by atoms with Crippen LogP contribution in [0.15, 0.2) is 0 Å². The number of rotatable bonds is 0. The molecule has 0 saturated carbocycles. The van der Waals surface area contributed by atoms with E-state index >= 15 is 0 Å². The van der Waals surface area contributed by atoms with Crippen molar-refractivity contribution in [2.24, 2.45) is 0 Å². The molecular weight excluding hydrogens is 204 g/mol. The Morgan fingerprint density at radius 2 is 0.818 bits per heavy atom. The summed E-state index contributed by atoms with van der Waals surface area (Å²) in [5.74, 6) is -4.37. The number of carbonyl (C=O) groups excluding carboxylic acids is 3. The van der Waals surface area contributed by atoms with E-state index < -0.39 is 18.1 Å². The van der Waals surface area contributed by atoms with Gasteiger partial charge in [-0.15, -0.1) is 0 Å². The van der Waals surface area contributed by atoms with Gasteiger partial charge in [-0.05, 0) is 6.16 Å². The summed E-state index contributed by atoms with van der Waals surface area (Å²) in [5.41, 5.74) is 0. The molecule has 0 aliphatic carbocycles. The van der Waals surface area contributed by atoms with E-state index in [1.54, 1.807) is 0 Å². The van der Waals surface area contributed by atoms with Crippen LogP contribution in [0.4, 0.5) is 4.79 Å². The largest absolute Gasteiger partial charge is 4.00 e. The van der Waals surface area contributed by atoms with E-state index in [-0.39, 0.29) is 17.1 Å². The fourth-order valence-corrected chi connectivity index (χ4v) is 0. The minimum absolute atomic E-state index is 0. The monoisotopic (exact) mass is 204 g/mol. The van der Waals surface area contributed by atoms with Crippen LogP contribution in [0.2, 0.25) is 0 Å². The van der Waals surface area contributed by atoms with Crippen LogP contribution in [0, 0.1) is 0 Å². The van der Waals surface area contributed by atoms with Gasteiger partial charge in [0.2, 0.25) is 0 Å². The molecule has 0 aromatic carbocycles. The second-order valence-corrected chi connectivity index (χ2v) is 0.825. The molecule has 0 aromatic rings. The van der Waals surface area contributed by atoms with Crippen LogP contribution < -0.4 is 20.4 Å². The van der Waals surface area contributed by atoms with Gasteiger partial charge in [-0.3, -0.25) is 0 Å². The average molecular weight is 204 g/mol. The maximum Gasteiger partial charge on any atom is 4.00 e. The SMILES string of the molecule is O=C([O-])C(=O)[O-].O=C([O-])[O-].[Fe+4]. The van der Waals surface area contributed by atoms with Crippen molar-refractivity contribution in [2.45, 2.75) is 0 Å². The van der Waals surface area contributed by atoms with Crippen molar-refractivity contribution in [2.75, 3.05) is 0 Å².